The normalized spacial score (nSPS) is 11.3. The second-order valence-corrected chi connectivity index (χ2v) is 9.03. The Morgan fingerprint density at radius 1 is 0.839 bits per heavy atom. The minimum atomic E-state index is -0.250. The molecule has 2 aromatic carbocycles. The van der Waals surface area contributed by atoms with E-state index >= 15 is 0 Å². The van der Waals surface area contributed by atoms with Crippen molar-refractivity contribution in [3.05, 3.63) is 65.7 Å². The summed E-state index contributed by atoms with van der Waals surface area (Å²) in [6.45, 7) is 3.28. The highest BCUT2D eigenvalue weighted by Gasteiger charge is 2.21. The van der Waals surface area contributed by atoms with Crippen LogP contribution in [0.2, 0.25) is 0 Å². The lowest BCUT2D eigenvalue weighted by Gasteiger charge is -2.28. The van der Waals surface area contributed by atoms with E-state index in [0.717, 1.165) is 18.7 Å². The summed E-state index contributed by atoms with van der Waals surface area (Å²) in [7, 11) is 4.06. The maximum Gasteiger partial charge on any atom is 0.364 e. The van der Waals surface area contributed by atoms with Gasteiger partial charge in [0, 0.05) is 5.56 Å². The summed E-state index contributed by atoms with van der Waals surface area (Å²) < 4.78 is 11.5. The molecule has 0 N–H and O–H groups in total. The highest BCUT2D eigenvalue weighted by molar-refractivity contribution is 5.70. The van der Waals surface area contributed by atoms with Crippen LogP contribution in [0, 0.1) is 0 Å². The Bertz CT molecular complexity index is 758. The first-order chi connectivity index (χ1) is 15.0. The van der Waals surface area contributed by atoms with Crippen LogP contribution >= 0.6 is 0 Å². The van der Waals surface area contributed by atoms with Crippen LogP contribution in [0.3, 0.4) is 0 Å². The predicted molar refractivity (Wildman–Crippen MR) is 127 cm³/mol. The average Bonchev–Trinajstić information content (AvgIpc) is 2.73. The van der Waals surface area contributed by atoms with Crippen molar-refractivity contribution in [1.29, 1.82) is 0 Å². The van der Waals surface area contributed by atoms with E-state index < -0.39 is 0 Å². The molecule has 0 saturated heterocycles. The first-order valence-electron chi connectivity index (χ1n) is 11.7. The average molecular weight is 427 g/mol. The molecule has 0 atom stereocenters. The molecule has 0 aliphatic heterocycles. The first-order valence-corrected chi connectivity index (χ1v) is 11.7. The number of benzene rings is 2. The molecular formula is C27H40NO3+. The number of unbranched alkanes of at least 4 members (excludes halogenated alkanes) is 6. The molecule has 0 amide bonds. The van der Waals surface area contributed by atoms with E-state index in [0.29, 0.717) is 11.0 Å². The molecule has 0 radical (unpaired) electrons. The molecule has 0 bridgehead atoms. The molecule has 4 nitrogen and oxygen atoms in total. The highest BCUT2D eigenvalue weighted by atomic mass is 16.7. The number of rotatable bonds is 15. The van der Waals surface area contributed by atoms with Crippen LogP contribution in [0.1, 0.15) is 63.0 Å². The molecular weight excluding hydrogens is 386 g/mol. The number of hydrogen-bond acceptors (Lipinski definition) is 3. The number of carbonyl (C=O) groups excluding carboxylic acids is 1. The van der Waals surface area contributed by atoms with Gasteiger partial charge in [-0.15, -0.1) is 0 Å². The fraction of sp³-hybridized carbons (Fsp3) is 0.519. The van der Waals surface area contributed by atoms with Crippen LogP contribution in [0.15, 0.2) is 54.6 Å². The van der Waals surface area contributed by atoms with Crippen molar-refractivity contribution < 1.29 is 18.8 Å². The third-order valence-corrected chi connectivity index (χ3v) is 5.42. The molecule has 0 aromatic heterocycles. The summed E-state index contributed by atoms with van der Waals surface area (Å²) in [6.07, 6.45) is 10.2. The van der Waals surface area contributed by atoms with Gasteiger partial charge in [-0.25, -0.2) is 4.79 Å². The zero-order valence-electron chi connectivity index (χ0n) is 19.6. The van der Waals surface area contributed by atoms with Gasteiger partial charge < -0.3 is 14.0 Å². The van der Waals surface area contributed by atoms with E-state index in [4.69, 9.17) is 9.47 Å². The lowest BCUT2D eigenvalue weighted by atomic mass is 10.0. The number of likely N-dealkylation sites (N-methyl/N-ethyl adjacent to an activating group) is 1. The van der Waals surface area contributed by atoms with Gasteiger partial charge in [-0.1, -0.05) is 87.9 Å². The number of carbonyl (C=O) groups is 1. The Kier molecular flexibility index (Phi) is 11.2. The summed E-state index contributed by atoms with van der Waals surface area (Å²) in [5, 5.41) is 0. The molecule has 2 aromatic rings. The second-order valence-electron chi connectivity index (χ2n) is 9.03. The van der Waals surface area contributed by atoms with Gasteiger partial charge in [0.05, 0.1) is 14.1 Å². The maximum absolute atomic E-state index is 12.3. The van der Waals surface area contributed by atoms with Gasteiger partial charge in [0.1, 0.15) is 12.3 Å². The number of aryl methyl sites for hydroxylation is 1. The van der Waals surface area contributed by atoms with E-state index in [1.54, 1.807) is 0 Å². The Morgan fingerprint density at radius 3 is 2.26 bits per heavy atom. The number of ether oxygens (including phenoxy) is 2. The Balaban J connectivity index is 1.66. The molecule has 4 heteroatoms. The van der Waals surface area contributed by atoms with E-state index in [1.807, 2.05) is 44.4 Å². The van der Waals surface area contributed by atoms with Crippen molar-refractivity contribution in [2.75, 3.05) is 27.4 Å². The SMILES string of the molecule is CCCCCCCCCc1cccc(OCOC(=O)C[N+](C)(C)Cc2ccccc2)c1. The lowest BCUT2D eigenvalue weighted by molar-refractivity contribution is -0.896. The van der Waals surface area contributed by atoms with Crippen LogP contribution in [0.5, 0.6) is 5.75 Å². The first kappa shape index (κ1) is 24.9. The monoisotopic (exact) mass is 426 g/mol. The Hall–Kier alpha value is -2.33. The highest BCUT2D eigenvalue weighted by Crippen LogP contribution is 2.17. The third-order valence-electron chi connectivity index (χ3n) is 5.42. The van der Waals surface area contributed by atoms with Gasteiger partial charge in [0.2, 0.25) is 6.79 Å². The van der Waals surface area contributed by atoms with Crippen molar-refractivity contribution in [3.63, 3.8) is 0 Å². The fourth-order valence-electron chi connectivity index (χ4n) is 3.77. The zero-order chi connectivity index (χ0) is 22.4. The molecule has 0 aliphatic rings. The Morgan fingerprint density at radius 2 is 1.52 bits per heavy atom. The quantitative estimate of drug-likeness (QED) is 0.149. The fourth-order valence-corrected chi connectivity index (χ4v) is 3.77. The van der Waals surface area contributed by atoms with E-state index in [-0.39, 0.29) is 12.8 Å². The van der Waals surface area contributed by atoms with Crippen LogP contribution < -0.4 is 4.74 Å². The smallest absolute Gasteiger partial charge is 0.364 e. The van der Waals surface area contributed by atoms with Crippen LogP contribution in [-0.4, -0.2) is 37.9 Å². The molecule has 0 aliphatic carbocycles. The van der Waals surface area contributed by atoms with Crippen LogP contribution in [0.4, 0.5) is 0 Å². The lowest BCUT2D eigenvalue weighted by Crippen LogP contribution is -2.43. The van der Waals surface area contributed by atoms with Gasteiger partial charge in [-0.05, 0) is 30.5 Å². The number of hydrogen-bond donors (Lipinski definition) is 0. The largest absolute Gasteiger partial charge is 0.457 e. The van der Waals surface area contributed by atoms with Crippen LogP contribution in [0.25, 0.3) is 0 Å². The molecule has 31 heavy (non-hydrogen) atoms. The van der Waals surface area contributed by atoms with Crippen molar-refractivity contribution in [1.82, 2.24) is 0 Å². The summed E-state index contributed by atoms with van der Waals surface area (Å²) in [6, 6.07) is 18.3. The third kappa shape index (κ3) is 11.0. The van der Waals surface area contributed by atoms with Crippen molar-refractivity contribution in [2.24, 2.45) is 0 Å². The predicted octanol–water partition coefficient (Wildman–Crippen LogP) is 6.14. The van der Waals surface area contributed by atoms with Crippen LogP contribution in [-0.2, 0) is 22.5 Å². The maximum atomic E-state index is 12.3. The van der Waals surface area contributed by atoms with E-state index in [2.05, 4.69) is 31.2 Å². The molecule has 0 fully saturated rings. The molecule has 0 spiro atoms. The molecule has 170 valence electrons. The summed E-state index contributed by atoms with van der Waals surface area (Å²) >= 11 is 0. The molecule has 0 saturated carbocycles. The van der Waals surface area contributed by atoms with Crippen molar-refractivity contribution in [3.8, 4) is 5.75 Å². The topological polar surface area (TPSA) is 35.5 Å². The summed E-state index contributed by atoms with van der Waals surface area (Å²) in [5.74, 6) is 0.506. The summed E-state index contributed by atoms with van der Waals surface area (Å²) in [4.78, 5) is 12.3. The standard InChI is InChI=1S/C27H40NO3/c1-4-5-6-7-8-9-11-15-24-18-14-19-26(20-24)30-23-31-27(29)22-28(2,3)21-25-16-12-10-13-17-25/h10,12-14,16-20H,4-9,11,15,21-23H2,1-3H3/q+1. The Labute approximate surface area is 188 Å². The van der Waals surface area contributed by atoms with Gasteiger partial charge in [0.25, 0.3) is 0 Å². The van der Waals surface area contributed by atoms with E-state index in [9.17, 15) is 4.79 Å². The second kappa shape index (κ2) is 13.9. The minimum Gasteiger partial charge on any atom is -0.457 e. The van der Waals surface area contributed by atoms with Crippen molar-refractivity contribution >= 4 is 5.97 Å². The van der Waals surface area contributed by atoms with E-state index in [1.165, 1.54) is 56.1 Å². The zero-order valence-corrected chi connectivity index (χ0v) is 19.6. The molecule has 0 unspecified atom stereocenters. The molecule has 0 heterocycles. The minimum absolute atomic E-state index is 0.0505. The number of esters is 1. The molecule has 2 rings (SSSR count). The van der Waals surface area contributed by atoms with Gasteiger partial charge in [0.15, 0.2) is 6.54 Å². The van der Waals surface area contributed by atoms with Crippen molar-refractivity contribution in [2.45, 2.75) is 64.8 Å². The number of quaternary nitrogens is 1. The summed E-state index contributed by atoms with van der Waals surface area (Å²) in [5.41, 5.74) is 2.48. The number of nitrogens with zero attached hydrogens (tertiary/aromatic N) is 1. The van der Waals surface area contributed by atoms with Gasteiger partial charge in [-0.3, -0.25) is 0 Å². The van der Waals surface area contributed by atoms with Gasteiger partial charge in [-0.2, -0.15) is 0 Å². The van der Waals surface area contributed by atoms with Gasteiger partial charge >= 0.3 is 5.97 Å².